The van der Waals surface area contributed by atoms with Crippen molar-refractivity contribution in [3.8, 4) is 16.9 Å². The van der Waals surface area contributed by atoms with E-state index in [1.165, 1.54) is 28.0 Å². The van der Waals surface area contributed by atoms with Crippen molar-refractivity contribution in [1.82, 2.24) is 24.4 Å². The topological polar surface area (TPSA) is 64.7 Å². The maximum atomic E-state index is 12.9. The summed E-state index contributed by atoms with van der Waals surface area (Å²) in [6, 6.07) is 9.15. The highest BCUT2D eigenvalue weighted by atomic mass is 19.4. The van der Waals surface area contributed by atoms with Crippen molar-refractivity contribution in [2.45, 2.75) is 32.5 Å². The van der Waals surface area contributed by atoms with E-state index in [4.69, 9.17) is 4.98 Å². The van der Waals surface area contributed by atoms with Gasteiger partial charge in [-0.2, -0.15) is 13.2 Å². The number of nitrogens with zero attached hydrogens (tertiary/aromatic N) is 4. The van der Waals surface area contributed by atoms with Crippen molar-refractivity contribution in [2.24, 2.45) is 0 Å². The second kappa shape index (κ2) is 8.15. The first-order chi connectivity index (χ1) is 15.9. The average Bonchev–Trinajstić information content (AvgIpc) is 2.93. The summed E-state index contributed by atoms with van der Waals surface area (Å²) in [6.07, 6.45) is 0.0948. The molecule has 0 radical (unpaired) electrons. The zero-order valence-electron chi connectivity index (χ0n) is 18.0. The molecule has 0 unspecified atom stereocenters. The maximum absolute atomic E-state index is 12.9. The van der Waals surface area contributed by atoms with Gasteiger partial charge >= 0.3 is 6.18 Å². The van der Waals surface area contributed by atoms with E-state index in [0.29, 0.717) is 16.9 Å². The Morgan fingerprint density at radius 1 is 1.06 bits per heavy atom. The Labute approximate surface area is 187 Å². The lowest BCUT2D eigenvalue weighted by atomic mass is 10.1. The Hall–Kier alpha value is -3.46. The minimum Gasteiger partial charge on any atom is -0.330 e. The predicted molar refractivity (Wildman–Crippen MR) is 120 cm³/mol. The maximum Gasteiger partial charge on any atom is 0.433 e. The molecule has 1 aliphatic heterocycles. The number of nitrogens with one attached hydrogen (secondary N) is 1. The van der Waals surface area contributed by atoms with E-state index in [0.717, 1.165) is 55.8 Å². The molecular formula is C24H22F3N5O. The molecule has 9 heteroatoms. The van der Waals surface area contributed by atoms with Crippen LogP contribution in [0.2, 0.25) is 0 Å². The molecule has 0 aromatic carbocycles. The Morgan fingerprint density at radius 2 is 1.88 bits per heavy atom. The van der Waals surface area contributed by atoms with E-state index in [-0.39, 0.29) is 5.56 Å². The molecule has 170 valence electrons. The van der Waals surface area contributed by atoms with Gasteiger partial charge in [-0.3, -0.25) is 14.3 Å². The van der Waals surface area contributed by atoms with Crippen LogP contribution >= 0.6 is 0 Å². The molecule has 0 aliphatic carbocycles. The van der Waals surface area contributed by atoms with Gasteiger partial charge in [0.15, 0.2) is 0 Å². The molecule has 1 N–H and O–H groups in total. The molecule has 0 fully saturated rings. The van der Waals surface area contributed by atoms with Gasteiger partial charge in [0.2, 0.25) is 0 Å². The van der Waals surface area contributed by atoms with Crippen LogP contribution in [0.3, 0.4) is 0 Å². The molecule has 0 saturated carbocycles. The van der Waals surface area contributed by atoms with E-state index >= 15 is 0 Å². The van der Waals surface area contributed by atoms with Gasteiger partial charge in [0.05, 0.1) is 0 Å². The largest absolute Gasteiger partial charge is 0.433 e. The van der Waals surface area contributed by atoms with Crippen LogP contribution in [0.5, 0.6) is 0 Å². The van der Waals surface area contributed by atoms with Crippen LogP contribution in [-0.4, -0.2) is 32.2 Å². The second-order valence-electron chi connectivity index (χ2n) is 8.01. The Morgan fingerprint density at radius 3 is 2.58 bits per heavy atom. The van der Waals surface area contributed by atoms with Gasteiger partial charge < -0.3 is 9.88 Å². The van der Waals surface area contributed by atoms with Crippen LogP contribution in [0.4, 0.5) is 13.2 Å². The number of alkyl halides is 3. The fourth-order valence-corrected chi connectivity index (χ4v) is 4.49. The summed E-state index contributed by atoms with van der Waals surface area (Å²) in [5, 5.41) is 4.54. The third-order valence-electron chi connectivity index (χ3n) is 6.08. The zero-order chi connectivity index (χ0) is 23.2. The molecule has 0 amide bonds. The highest BCUT2D eigenvalue weighted by Gasteiger charge is 2.32. The van der Waals surface area contributed by atoms with Gasteiger partial charge in [-0.15, -0.1) is 0 Å². The first-order valence-electron chi connectivity index (χ1n) is 10.8. The summed E-state index contributed by atoms with van der Waals surface area (Å²) >= 11 is 0. The first kappa shape index (κ1) is 21.4. The summed E-state index contributed by atoms with van der Waals surface area (Å²) < 4.78 is 41.9. The van der Waals surface area contributed by atoms with E-state index in [1.54, 1.807) is 12.3 Å². The first-order valence-corrected chi connectivity index (χ1v) is 10.8. The molecule has 5 rings (SSSR count). The molecule has 5 heterocycles. The summed E-state index contributed by atoms with van der Waals surface area (Å²) in [6.45, 7) is 4.73. The smallest absolute Gasteiger partial charge is 0.330 e. The molecule has 0 spiro atoms. The van der Waals surface area contributed by atoms with Crippen molar-refractivity contribution < 1.29 is 13.2 Å². The fourth-order valence-electron chi connectivity index (χ4n) is 4.49. The molecule has 4 aromatic rings. The summed E-state index contributed by atoms with van der Waals surface area (Å²) in [7, 11) is 0. The molecule has 33 heavy (non-hydrogen) atoms. The van der Waals surface area contributed by atoms with Gasteiger partial charge in [-0.25, -0.2) is 4.98 Å². The molecule has 4 aromatic heterocycles. The van der Waals surface area contributed by atoms with Crippen molar-refractivity contribution >= 4 is 11.0 Å². The molecule has 0 bridgehead atoms. The number of rotatable bonds is 3. The Kier molecular flexibility index (Phi) is 5.28. The number of aromatic nitrogens is 4. The monoisotopic (exact) mass is 453 g/mol. The molecule has 0 atom stereocenters. The van der Waals surface area contributed by atoms with Gasteiger partial charge in [0.25, 0.3) is 5.56 Å². The van der Waals surface area contributed by atoms with Crippen LogP contribution in [-0.2, 0) is 25.6 Å². The molecular weight excluding hydrogens is 431 g/mol. The van der Waals surface area contributed by atoms with Crippen molar-refractivity contribution in [2.75, 3.05) is 13.1 Å². The Bertz CT molecular complexity index is 1390. The van der Waals surface area contributed by atoms with E-state index in [1.807, 2.05) is 12.1 Å². The van der Waals surface area contributed by atoms with Crippen molar-refractivity contribution in [3.05, 3.63) is 76.1 Å². The predicted octanol–water partition coefficient (Wildman–Crippen LogP) is 3.98. The number of fused-ring (bicyclic) bond motifs is 3. The van der Waals surface area contributed by atoms with Crippen molar-refractivity contribution in [3.63, 3.8) is 0 Å². The number of halogens is 3. The summed E-state index contributed by atoms with van der Waals surface area (Å²) in [4.78, 5) is 21.2. The average molecular weight is 453 g/mol. The zero-order valence-corrected chi connectivity index (χ0v) is 18.0. The minimum atomic E-state index is -4.50. The highest BCUT2D eigenvalue weighted by Crippen LogP contribution is 2.30. The fraction of sp³-hybridized carbons (Fsp3) is 0.292. The van der Waals surface area contributed by atoms with E-state index in [9.17, 15) is 18.0 Å². The quantitative estimate of drug-likeness (QED) is 0.510. The Balaban J connectivity index is 1.53. The highest BCUT2D eigenvalue weighted by molar-refractivity contribution is 5.83. The van der Waals surface area contributed by atoms with Crippen LogP contribution < -0.4 is 10.9 Å². The lowest BCUT2D eigenvalue weighted by Crippen LogP contribution is -2.18. The van der Waals surface area contributed by atoms with Gasteiger partial charge in [-0.05, 0) is 55.3 Å². The van der Waals surface area contributed by atoms with E-state index < -0.39 is 11.9 Å². The van der Waals surface area contributed by atoms with Crippen LogP contribution in [0.25, 0.3) is 28.0 Å². The lowest BCUT2D eigenvalue weighted by molar-refractivity contribution is -0.141. The van der Waals surface area contributed by atoms with Gasteiger partial charge in [-0.1, -0.05) is 6.07 Å². The van der Waals surface area contributed by atoms with E-state index in [2.05, 4.69) is 21.8 Å². The normalized spacial score (nSPS) is 14.3. The second-order valence-corrected chi connectivity index (χ2v) is 8.01. The third-order valence-corrected chi connectivity index (χ3v) is 6.08. The SMILES string of the molecule is CCn1c2c(c3ccc(-n4ccc(-c5ccc(C(F)(F)F)nc5)cc4=O)nc31)CCNCC2. The number of hydrogen-bond donors (Lipinski definition) is 1. The summed E-state index contributed by atoms with van der Waals surface area (Å²) in [5.74, 6) is 0.505. The van der Waals surface area contributed by atoms with Gasteiger partial charge in [0.1, 0.15) is 17.2 Å². The van der Waals surface area contributed by atoms with Gasteiger partial charge in [0, 0.05) is 54.6 Å². The van der Waals surface area contributed by atoms with Crippen molar-refractivity contribution in [1.29, 1.82) is 0 Å². The van der Waals surface area contributed by atoms with Crippen LogP contribution in [0.1, 0.15) is 23.9 Å². The van der Waals surface area contributed by atoms with Crippen LogP contribution in [0.15, 0.2) is 53.6 Å². The lowest BCUT2D eigenvalue weighted by Gasteiger charge is -2.10. The molecule has 0 saturated heterocycles. The minimum absolute atomic E-state index is 0.320. The number of aryl methyl sites for hydroxylation is 1. The standard InChI is InChI=1S/C24H22F3N5O/c1-2-31-19-8-11-28-10-7-17(19)18-4-6-21(30-23(18)31)32-12-9-15(13-22(32)33)16-3-5-20(29-14-16)24(25,26)27/h3-6,9,12-14,28H,2,7-8,10-11H2,1H3. The molecule has 1 aliphatic rings. The van der Waals surface area contributed by atoms with Crippen LogP contribution in [0, 0.1) is 0 Å². The summed E-state index contributed by atoms with van der Waals surface area (Å²) in [5.41, 5.74) is 3.12. The molecule has 6 nitrogen and oxygen atoms in total. The number of pyridine rings is 3. The number of hydrogen-bond acceptors (Lipinski definition) is 4. The third kappa shape index (κ3) is 3.82.